The molecule has 0 saturated carbocycles. The molecule has 1 aromatic carbocycles. The number of fused-ring (bicyclic) bond motifs is 1. The van der Waals surface area contributed by atoms with Gasteiger partial charge in [0.1, 0.15) is 4.90 Å². The molecule has 2 aliphatic heterocycles. The van der Waals surface area contributed by atoms with Crippen molar-refractivity contribution in [1.82, 2.24) is 5.32 Å². The van der Waals surface area contributed by atoms with Crippen molar-refractivity contribution in [2.24, 2.45) is 11.1 Å². The summed E-state index contributed by atoms with van der Waals surface area (Å²) in [6, 6.07) is 4.84. The first kappa shape index (κ1) is 14.2. The number of piperidine rings is 1. The molecule has 2 heterocycles. The van der Waals surface area contributed by atoms with Crippen LogP contribution in [-0.2, 0) is 14.8 Å². The summed E-state index contributed by atoms with van der Waals surface area (Å²) in [5.74, 6) is 0.0942. The molecule has 8 heteroatoms. The van der Waals surface area contributed by atoms with Crippen LogP contribution in [0, 0.1) is 5.92 Å². The minimum Gasteiger partial charge on any atom is -0.398 e. The normalized spacial score (nSPS) is 25.6. The van der Waals surface area contributed by atoms with Crippen LogP contribution in [0.4, 0.5) is 11.4 Å². The summed E-state index contributed by atoms with van der Waals surface area (Å²) in [6.45, 7) is 1.44. The molecule has 0 radical (unpaired) electrons. The number of sulfonamides is 1. The first-order valence-electron chi connectivity index (χ1n) is 6.84. The van der Waals surface area contributed by atoms with Crippen LogP contribution in [0.3, 0.4) is 0 Å². The van der Waals surface area contributed by atoms with Gasteiger partial charge in [-0.05, 0) is 31.0 Å². The van der Waals surface area contributed by atoms with E-state index in [1.807, 2.05) is 0 Å². The molecule has 7 nitrogen and oxygen atoms in total. The number of carbonyl (C=O) groups excluding carboxylic acids is 1. The van der Waals surface area contributed by atoms with E-state index < -0.39 is 10.0 Å². The molecule has 2 aliphatic rings. The zero-order valence-corrected chi connectivity index (χ0v) is 12.3. The third-order valence-electron chi connectivity index (χ3n) is 4.23. The average molecular weight is 310 g/mol. The van der Waals surface area contributed by atoms with Crippen molar-refractivity contribution in [1.29, 1.82) is 0 Å². The van der Waals surface area contributed by atoms with Gasteiger partial charge in [0.15, 0.2) is 0 Å². The maximum atomic E-state index is 11.8. The van der Waals surface area contributed by atoms with Gasteiger partial charge in [-0.15, -0.1) is 0 Å². The van der Waals surface area contributed by atoms with Crippen molar-refractivity contribution in [3.63, 3.8) is 0 Å². The number of amides is 1. The van der Waals surface area contributed by atoms with Crippen molar-refractivity contribution in [3.05, 3.63) is 18.2 Å². The topological polar surface area (TPSA) is 119 Å². The molecule has 2 atom stereocenters. The number of benzene rings is 1. The second-order valence-electron chi connectivity index (χ2n) is 5.52. The zero-order valence-electron chi connectivity index (χ0n) is 11.5. The molecule has 114 valence electrons. The van der Waals surface area contributed by atoms with Gasteiger partial charge < -0.3 is 16.0 Å². The number of primary sulfonamides is 1. The van der Waals surface area contributed by atoms with E-state index in [1.54, 1.807) is 12.1 Å². The van der Waals surface area contributed by atoms with Crippen LogP contribution < -0.4 is 21.1 Å². The Labute approximate surface area is 123 Å². The summed E-state index contributed by atoms with van der Waals surface area (Å²) >= 11 is 0. The predicted molar refractivity (Wildman–Crippen MR) is 79.1 cm³/mol. The Morgan fingerprint density at radius 2 is 2.10 bits per heavy atom. The second kappa shape index (κ2) is 4.88. The summed E-state index contributed by atoms with van der Waals surface area (Å²) in [4.78, 5) is 13.8. The molecule has 0 aliphatic carbocycles. The Hall–Kier alpha value is -1.80. The number of nitrogens with two attached hydrogens (primary N) is 2. The molecule has 2 saturated heterocycles. The lowest BCUT2D eigenvalue weighted by molar-refractivity contribution is -0.122. The number of carbonyl (C=O) groups is 1. The summed E-state index contributed by atoms with van der Waals surface area (Å²) in [6.07, 6.45) is 1.81. The quantitative estimate of drug-likeness (QED) is 0.644. The Bertz CT molecular complexity index is 689. The van der Waals surface area contributed by atoms with E-state index >= 15 is 0 Å². The van der Waals surface area contributed by atoms with Crippen LogP contribution >= 0.6 is 0 Å². The van der Waals surface area contributed by atoms with Crippen molar-refractivity contribution in [2.45, 2.75) is 23.8 Å². The Morgan fingerprint density at radius 3 is 2.76 bits per heavy atom. The van der Waals surface area contributed by atoms with Crippen LogP contribution in [0.2, 0.25) is 0 Å². The van der Waals surface area contributed by atoms with E-state index in [-0.39, 0.29) is 28.4 Å². The second-order valence-corrected chi connectivity index (χ2v) is 7.05. The number of nitrogen functional groups attached to an aromatic ring is 1. The lowest BCUT2D eigenvalue weighted by Crippen LogP contribution is -2.45. The van der Waals surface area contributed by atoms with Crippen LogP contribution in [-0.4, -0.2) is 33.5 Å². The van der Waals surface area contributed by atoms with E-state index in [0.717, 1.165) is 25.1 Å². The summed E-state index contributed by atoms with van der Waals surface area (Å²) in [5.41, 5.74) is 6.77. The predicted octanol–water partition coefficient (Wildman–Crippen LogP) is -0.369. The molecule has 1 amide bonds. The molecule has 2 unspecified atom stereocenters. The van der Waals surface area contributed by atoms with Crippen molar-refractivity contribution < 1.29 is 13.2 Å². The number of nitrogens with one attached hydrogen (secondary N) is 1. The maximum Gasteiger partial charge on any atom is 0.240 e. The molecule has 0 bridgehead atoms. The fourth-order valence-electron chi connectivity index (χ4n) is 3.25. The first-order valence-corrected chi connectivity index (χ1v) is 8.39. The van der Waals surface area contributed by atoms with Crippen LogP contribution in [0.5, 0.6) is 0 Å². The lowest BCUT2D eigenvalue weighted by Gasteiger charge is -2.37. The number of rotatable bonds is 2. The zero-order chi connectivity index (χ0) is 15.2. The highest BCUT2D eigenvalue weighted by Crippen LogP contribution is 2.33. The molecule has 0 aromatic heterocycles. The number of hydrogen-bond acceptors (Lipinski definition) is 5. The number of hydrogen-bond donors (Lipinski definition) is 3. The summed E-state index contributed by atoms with van der Waals surface area (Å²) < 4.78 is 22.8. The first-order chi connectivity index (χ1) is 9.88. The Kier molecular flexibility index (Phi) is 3.29. The lowest BCUT2D eigenvalue weighted by atomic mass is 9.91. The van der Waals surface area contributed by atoms with E-state index in [2.05, 4.69) is 10.2 Å². The molecule has 5 N–H and O–H groups in total. The number of nitrogens with zero attached hydrogens (tertiary/aromatic N) is 1. The third-order valence-corrected chi connectivity index (χ3v) is 5.22. The molecular weight excluding hydrogens is 292 g/mol. The SMILES string of the molecule is Nc1cc(N2CCCC3C(=O)NCC32)ccc1S(N)(=O)=O. The molecular formula is C13H18N4O3S. The van der Waals surface area contributed by atoms with Gasteiger partial charge in [-0.1, -0.05) is 0 Å². The standard InChI is InChI=1S/C13H18N4O3S/c14-10-6-8(3-4-12(10)21(15,19)20)17-5-1-2-9-11(17)7-16-13(9)18/h3-4,6,9,11H,1-2,5,7,14H2,(H,16,18)(H2,15,19,20). The fourth-order valence-corrected chi connectivity index (χ4v) is 3.89. The monoisotopic (exact) mass is 310 g/mol. The maximum absolute atomic E-state index is 11.8. The van der Waals surface area contributed by atoms with Crippen LogP contribution in [0.25, 0.3) is 0 Å². The highest BCUT2D eigenvalue weighted by molar-refractivity contribution is 7.89. The third kappa shape index (κ3) is 2.44. The van der Waals surface area contributed by atoms with E-state index in [1.165, 1.54) is 6.07 Å². The highest BCUT2D eigenvalue weighted by atomic mass is 32.2. The van der Waals surface area contributed by atoms with Gasteiger partial charge in [0, 0.05) is 18.8 Å². The van der Waals surface area contributed by atoms with Crippen LogP contribution in [0.15, 0.2) is 23.1 Å². The molecule has 1 aromatic rings. The smallest absolute Gasteiger partial charge is 0.240 e. The van der Waals surface area contributed by atoms with Gasteiger partial charge in [0.25, 0.3) is 0 Å². The molecule has 3 rings (SSSR count). The Balaban J connectivity index is 1.94. The minimum atomic E-state index is -3.82. The summed E-state index contributed by atoms with van der Waals surface area (Å²) in [5, 5.41) is 8.00. The van der Waals surface area contributed by atoms with E-state index in [4.69, 9.17) is 10.9 Å². The van der Waals surface area contributed by atoms with Crippen molar-refractivity contribution in [2.75, 3.05) is 23.7 Å². The fraction of sp³-hybridized carbons (Fsp3) is 0.462. The molecule has 0 spiro atoms. The van der Waals surface area contributed by atoms with E-state index in [9.17, 15) is 13.2 Å². The van der Waals surface area contributed by atoms with Gasteiger partial charge in [0.05, 0.1) is 17.6 Å². The van der Waals surface area contributed by atoms with Crippen molar-refractivity contribution >= 4 is 27.3 Å². The Morgan fingerprint density at radius 1 is 1.33 bits per heavy atom. The number of anilines is 2. The van der Waals surface area contributed by atoms with Gasteiger partial charge in [-0.2, -0.15) is 0 Å². The van der Waals surface area contributed by atoms with Gasteiger partial charge >= 0.3 is 0 Å². The van der Waals surface area contributed by atoms with Gasteiger partial charge in [-0.25, -0.2) is 13.6 Å². The molecule has 21 heavy (non-hydrogen) atoms. The largest absolute Gasteiger partial charge is 0.398 e. The average Bonchev–Trinajstić information content (AvgIpc) is 2.79. The van der Waals surface area contributed by atoms with Gasteiger partial charge in [0.2, 0.25) is 15.9 Å². The molecule has 2 fully saturated rings. The highest BCUT2D eigenvalue weighted by Gasteiger charge is 2.40. The van der Waals surface area contributed by atoms with Crippen molar-refractivity contribution in [3.8, 4) is 0 Å². The minimum absolute atomic E-state index is 0.00195. The summed E-state index contributed by atoms with van der Waals surface area (Å²) in [7, 11) is -3.82. The van der Waals surface area contributed by atoms with Crippen LogP contribution in [0.1, 0.15) is 12.8 Å². The van der Waals surface area contributed by atoms with E-state index in [0.29, 0.717) is 6.54 Å². The van der Waals surface area contributed by atoms with Gasteiger partial charge in [-0.3, -0.25) is 4.79 Å².